The Bertz CT molecular complexity index is 403. The number of ether oxygens (including phenoxy) is 3. The number of rotatable bonds is 18. The van der Waals surface area contributed by atoms with Crippen LogP contribution in [0.2, 0.25) is 0 Å². The molecule has 0 aliphatic carbocycles. The van der Waals surface area contributed by atoms with Crippen LogP contribution in [-0.4, -0.2) is 62.3 Å². The molecule has 7 heteroatoms. The molecule has 0 saturated heterocycles. The molecule has 164 valence electrons. The third-order valence-corrected chi connectivity index (χ3v) is 4.02. The average Bonchev–Trinajstić information content (AvgIpc) is 2.69. The Hall–Kier alpha value is -1.63. The summed E-state index contributed by atoms with van der Waals surface area (Å²) in [5, 5.41) is 0. The van der Waals surface area contributed by atoms with E-state index in [1.54, 1.807) is 0 Å². The molecular weight excluding hydrogens is 362 g/mol. The van der Waals surface area contributed by atoms with Crippen LogP contribution in [0.25, 0.3) is 0 Å². The van der Waals surface area contributed by atoms with Crippen LogP contribution in [-0.2, 0) is 28.6 Å². The third kappa shape index (κ3) is 16.5. The third-order valence-electron chi connectivity index (χ3n) is 4.02. The molecule has 0 unspecified atom stereocenters. The first-order chi connectivity index (χ1) is 13.5. The monoisotopic (exact) mass is 401 g/mol. The fourth-order valence-electron chi connectivity index (χ4n) is 2.48. The highest BCUT2D eigenvalue weighted by atomic mass is 16.5. The van der Waals surface area contributed by atoms with Crippen molar-refractivity contribution in [3.63, 3.8) is 0 Å². The summed E-state index contributed by atoms with van der Waals surface area (Å²) >= 11 is 0. The standard InChI is InChI=1S/C21H39NO6/c1-4-16-26-19(23)10-8-7-9-13-22(14-11-20(24)27-17-5-2)15-12-21(25)28-18-6-3/h4-18H2,1-3H3. The molecule has 0 aromatic heterocycles. The van der Waals surface area contributed by atoms with Gasteiger partial charge in [0, 0.05) is 19.5 Å². The predicted octanol–water partition coefficient (Wildman–Crippen LogP) is 3.49. The predicted molar refractivity (Wildman–Crippen MR) is 108 cm³/mol. The van der Waals surface area contributed by atoms with Crippen LogP contribution in [0.15, 0.2) is 0 Å². The molecular formula is C21H39NO6. The first-order valence-electron chi connectivity index (χ1n) is 10.7. The minimum atomic E-state index is -0.209. The van der Waals surface area contributed by atoms with E-state index in [9.17, 15) is 14.4 Å². The molecule has 0 aliphatic heterocycles. The van der Waals surface area contributed by atoms with Crippen molar-refractivity contribution in [2.75, 3.05) is 39.5 Å². The lowest BCUT2D eigenvalue weighted by molar-refractivity contribution is -0.145. The van der Waals surface area contributed by atoms with E-state index in [1.807, 2.05) is 20.8 Å². The summed E-state index contributed by atoms with van der Waals surface area (Å²) in [5.74, 6) is -0.561. The fourth-order valence-corrected chi connectivity index (χ4v) is 2.48. The van der Waals surface area contributed by atoms with Crippen molar-refractivity contribution in [3.8, 4) is 0 Å². The van der Waals surface area contributed by atoms with Gasteiger partial charge in [0.1, 0.15) is 0 Å². The topological polar surface area (TPSA) is 82.1 Å². The number of hydrogen-bond donors (Lipinski definition) is 0. The maximum Gasteiger partial charge on any atom is 0.307 e. The lowest BCUT2D eigenvalue weighted by Crippen LogP contribution is -2.30. The molecule has 0 aliphatic rings. The van der Waals surface area contributed by atoms with Gasteiger partial charge in [-0.15, -0.1) is 0 Å². The molecule has 0 rings (SSSR count). The SMILES string of the molecule is CCCOC(=O)CCCCCN(CCC(=O)OCCC)CCC(=O)OCCC. The number of esters is 3. The lowest BCUT2D eigenvalue weighted by atomic mass is 10.2. The molecule has 0 atom stereocenters. The van der Waals surface area contributed by atoms with Gasteiger partial charge >= 0.3 is 17.9 Å². The van der Waals surface area contributed by atoms with Crippen molar-refractivity contribution in [1.82, 2.24) is 4.90 Å². The second-order valence-electron chi connectivity index (χ2n) is 6.81. The minimum absolute atomic E-state index is 0.143. The summed E-state index contributed by atoms with van der Waals surface area (Å²) in [6.45, 7) is 9.13. The van der Waals surface area contributed by atoms with Crippen LogP contribution in [0.1, 0.15) is 78.6 Å². The summed E-state index contributed by atoms with van der Waals surface area (Å²) in [6.07, 6.45) is 6.09. The van der Waals surface area contributed by atoms with Crippen molar-refractivity contribution in [2.45, 2.75) is 78.6 Å². The molecule has 0 heterocycles. The number of carbonyl (C=O) groups is 3. The molecule has 28 heavy (non-hydrogen) atoms. The largest absolute Gasteiger partial charge is 0.466 e. The van der Waals surface area contributed by atoms with Crippen molar-refractivity contribution in [3.05, 3.63) is 0 Å². The van der Waals surface area contributed by atoms with Crippen LogP contribution in [0, 0.1) is 0 Å². The number of carbonyl (C=O) groups excluding carboxylic acids is 3. The quantitative estimate of drug-likeness (QED) is 0.197. The first-order valence-corrected chi connectivity index (χ1v) is 10.7. The highest BCUT2D eigenvalue weighted by molar-refractivity contribution is 5.70. The van der Waals surface area contributed by atoms with Crippen LogP contribution in [0.3, 0.4) is 0 Å². The molecule has 0 bridgehead atoms. The van der Waals surface area contributed by atoms with Crippen molar-refractivity contribution < 1.29 is 28.6 Å². The Labute approximate surface area is 170 Å². The molecule has 7 nitrogen and oxygen atoms in total. The summed E-state index contributed by atoms with van der Waals surface area (Å²) in [7, 11) is 0. The van der Waals surface area contributed by atoms with E-state index in [0.29, 0.717) is 52.2 Å². The molecule has 0 spiro atoms. The van der Waals surface area contributed by atoms with Crippen LogP contribution < -0.4 is 0 Å². The maximum absolute atomic E-state index is 11.7. The van der Waals surface area contributed by atoms with Gasteiger partial charge in [-0.2, -0.15) is 0 Å². The van der Waals surface area contributed by atoms with Gasteiger partial charge in [0.05, 0.1) is 32.7 Å². The summed E-state index contributed by atoms with van der Waals surface area (Å²) in [4.78, 5) is 37.0. The number of hydrogen-bond acceptors (Lipinski definition) is 7. The van der Waals surface area contributed by atoms with Gasteiger partial charge in [0.15, 0.2) is 0 Å². The highest BCUT2D eigenvalue weighted by Gasteiger charge is 2.12. The van der Waals surface area contributed by atoms with Gasteiger partial charge in [-0.05, 0) is 38.6 Å². The summed E-state index contributed by atoms with van der Waals surface area (Å²) < 4.78 is 15.3. The van der Waals surface area contributed by atoms with Crippen LogP contribution in [0.4, 0.5) is 0 Å². The van der Waals surface area contributed by atoms with E-state index in [2.05, 4.69) is 4.90 Å². The molecule has 0 aromatic carbocycles. The van der Waals surface area contributed by atoms with Gasteiger partial charge in [-0.1, -0.05) is 27.2 Å². The van der Waals surface area contributed by atoms with E-state index in [-0.39, 0.29) is 17.9 Å². The number of nitrogens with zero attached hydrogens (tertiary/aromatic N) is 1. The van der Waals surface area contributed by atoms with Gasteiger partial charge in [0.25, 0.3) is 0 Å². The highest BCUT2D eigenvalue weighted by Crippen LogP contribution is 2.06. The summed E-state index contributed by atoms with van der Waals surface area (Å²) in [6, 6.07) is 0. The Morgan fingerprint density at radius 2 is 1.00 bits per heavy atom. The molecule has 0 aromatic rings. The Kier molecular flexibility index (Phi) is 17.6. The van der Waals surface area contributed by atoms with E-state index in [4.69, 9.17) is 14.2 Å². The maximum atomic E-state index is 11.7. The zero-order valence-corrected chi connectivity index (χ0v) is 18.0. The van der Waals surface area contributed by atoms with Gasteiger partial charge in [-0.25, -0.2) is 0 Å². The Morgan fingerprint density at radius 3 is 1.43 bits per heavy atom. The van der Waals surface area contributed by atoms with E-state index < -0.39 is 0 Å². The molecule has 0 amide bonds. The number of unbranched alkanes of at least 4 members (excludes halogenated alkanes) is 2. The van der Waals surface area contributed by atoms with Gasteiger partial charge < -0.3 is 19.1 Å². The van der Waals surface area contributed by atoms with Crippen molar-refractivity contribution >= 4 is 17.9 Å². The molecule has 0 N–H and O–H groups in total. The molecule has 0 fully saturated rings. The van der Waals surface area contributed by atoms with E-state index in [0.717, 1.165) is 45.1 Å². The fraction of sp³-hybridized carbons (Fsp3) is 0.857. The van der Waals surface area contributed by atoms with E-state index in [1.165, 1.54) is 0 Å². The van der Waals surface area contributed by atoms with Gasteiger partial charge in [-0.3, -0.25) is 14.4 Å². The average molecular weight is 402 g/mol. The van der Waals surface area contributed by atoms with Crippen LogP contribution >= 0.6 is 0 Å². The molecule has 0 saturated carbocycles. The normalized spacial score (nSPS) is 10.7. The minimum Gasteiger partial charge on any atom is -0.466 e. The van der Waals surface area contributed by atoms with Crippen molar-refractivity contribution in [1.29, 1.82) is 0 Å². The summed E-state index contributed by atoms with van der Waals surface area (Å²) in [5.41, 5.74) is 0. The second-order valence-corrected chi connectivity index (χ2v) is 6.81. The Morgan fingerprint density at radius 1 is 0.571 bits per heavy atom. The van der Waals surface area contributed by atoms with E-state index >= 15 is 0 Å². The second kappa shape index (κ2) is 18.7. The lowest BCUT2D eigenvalue weighted by Gasteiger charge is -2.21. The smallest absolute Gasteiger partial charge is 0.307 e. The molecule has 0 radical (unpaired) electrons. The zero-order valence-electron chi connectivity index (χ0n) is 18.0. The van der Waals surface area contributed by atoms with Crippen LogP contribution in [0.5, 0.6) is 0 Å². The Balaban J connectivity index is 4.18. The first kappa shape index (κ1) is 26.4. The zero-order chi connectivity index (χ0) is 21.0. The van der Waals surface area contributed by atoms with Gasteiger partial charge in [0.2, 0.25) is 0 Å². The van der Waals surface area contributed by atoms with Crippen molar-refractivity contribution in [2.24, 2.45) is 0 Å².